The summed E-state index contributed by atoms with van der Waals surface area (Å²) >= 11 is 0. The molecule has 4 aromatic rings. The molecule has 0 aliphatic carbocycles. The SMILES string of the molecule is CCN1C[C@@H](NC(=O)Nc2c(C)c(-c3cnc(N4CC(OC)C4)nc3)nn2-c2ccccc2)C(c2ccc(F)c(F)c2)O1. The zero-order valence-corrected chi connectivity index (χ0v) is 24.0. The van der Waals surface area contributed by atoms with Crippen molar-refractivity contribution < 1.29 is 23.1 Å². The first kappa shape index (κ1) is 28.6. The predicted molar refractivity (Wildman–Crippen MR) is 156 cm³/mol. The molecule has 11 nitrogen and oxygen atoms in total. The van der Waals surface area contributed by atoms with E-state index in [4.69, 9.17) is 14.7 Å². The fraction of sp³-hybridized carbons (Fsp3) is 0.333. The van der Waals surface area contributed by atoms with Crippen LogP contribution < -0.4 is 15.5 Å². The van der Waals surface area contributed by atoms with Crippen molar-refractivity contribution in [1.29, 1.82) is 0 Å². The quantitative estimate of drug-likeness (QED) is 0.314. The van der Waals surface area contributed by atoms with Gasteiger partial charge in [-0.05, 0) is 36.8 Å². The van der Waals surface area contributed by atoms with Crippen molar-refractivity contribution in [3.05, 3.63) is 83.7 Å². The Balaban J connectivity index is 1.25. The number of nitrogens with one attached hydrogen (secondary N) is 2. The van der Waals surface area contributed by atoms with Crippen LogP contribution in [-0.2, 0) is 9.57 Å². The molecule has 224 valence electrons. The number of carbonyl (C=O) groups excluding carboxylic acids is 1. The zero-order chi connectivity index (χ0) is 30.1. The van der Waals surface area contributed by atoms with Gasteiger partial charge in [-0.3, -0.25) is 10.2 Å². The largest absolute Gasteiger partial charge is 0.378 e. The maximum Gasteiger partial charge on any atom is 0.320 e. The number of hydrogen-bond donors (Lipinski definition) is 2. The number of hydroxylamine groups is 2. The summed E-state index contributed by atoms with van der Waals surface area (Å²) in [6, 6.07) is 12.0. The summed E-state index contributed by atoms with van der Waals surface area (Å²) < 4.78 is 34.6. The number of benzene rings is 2. The van der Waals surface area contributed by atoms with Crippen LogP contribution in [0.15, 0.2) is 60.9 Å². The van der Waals surface area contributed by atoms with Gasteiger partial charge in [0.2, 0.25) is 5.95 Å². The summed E-state index contributed by atoms with van der Waals surface area (Å²) in [6.45, 7) is 6.16. The number of rotatable bonds is 8. The van der Waals surface area contributed by atoms with E-state index in [2.05, 4.69) is 20.6 Å². The van der Waals surface area contributed by atoms with Gasteiger partial charge in [0.1, 0.15) is 17.6 Å². The van der Waals surface area contributed by atoms with Crippen LogP contribution in [-0.4, -0.2) is 76.3 Å². The Bertz CT molecular complexity index is 1600. The van der Waals surface area contributed by atoms with Gasteiger partial charge in [0, 0.05) is 56.8 Å². The zero-order valence-electron chi connectivity index (χ0n) is 24.0. The Hall–Kier alpha value is -4.46. The molecule has 0 spiro atoms. The lowest BCUT2D eigenvalue weighted by molar-refractivity contribution is -0.144. The molecule has 43 heavy (non-hydrogen) atoms. The van der Waals surface area contributed by atoms with E-state index in [-0.39, 0.29) is 6.10 Å². The lowest BCUT2D eigenvalue weighted by Crippen LogP contribution is -2.52. The molecule has 2 aromatic carbocycles. The van der Waals surface area contributed by atoms with Crippen LogP contribution in [0.5, 0.6) is 0 Å². The number of halogens is 2. The summed E-state index contributed by atoms with van der Waals surface area (Å²) in [6.07, 6.45) is 2.93. The molecule has 1 unspecified atom stereocenters. The van der Waals surface area contributed by atoms with Crippen LogP contribution in [0.1, 0.15) is 24.2 Å². The molecule has 2 atom stereocenters. The molecule has 2 aliphatic heterocycles. The third kappa shape index (κ3) is 5.78. The highest BCUT2D eigenvalue weighted by molar-refractivity contribution is 5.91. The topological polar surface area (TPSA) is 110 Å². The average molecular weight is 591 g/mol. The number of urea groups is 1. The lowest BCUT2D eigenvalue weighted by Gasteiger charge is -2.37. The predicted octanol–water partition coefficient (Wildman–Crippen LogP) is 4.25. The third-order valence-electron chi connectivity index (χ3n) is 7.70. The second-order valence-electron chi connectivity index (χ2n) is 10.5. The first-order chi connectivity index (χ1) is 20.8. The van der Waals surface area contributed by atoms with Crippen LogP contribution in [0.3, 0.4) is 0 Å². The second-order valence-corrected chi connectivity index (χ2v) is 10.5. The van der Waals surface area contributed by atoms with Gasteiger partial charge in [-0.1, -0.05) is 31.2 Å². The minimum atomic E-state index is -0.977. The molecule has 2 saturated heterocycles. The molecule has 13 heteroatoms. The molecule has 6 rings (SSSR count). The van der Waals surface area contributed by atoms with Crippen LogP contribution in [0.2, 0.25) is 0 Å². The van der Waals surface area contributed by atoms with Crippen LogP contribution in [0, 0.1) is 18.6 Å². The first-order valence-electron chi connectivity index (χ1n) is 14.0. The monoisotopic (exact) mass is 590 g/mol. The number of likely N-dealkylation sites (N-methyl/N-ethyl adjacent to an activating group) is 1. The number of hydrogen-bond acceptors (Lipinski definition) is 8. The van der Waals surface area contributed by atoms with E-state index in [1.165, 1.54) is 6.07 Å². The Labute approximate surface area is 247 Å². The smallest absolute Gasteiger partial charge is 0.320 e. The number of nitrogens with zero attached hydrogens (tertiary/aromatic N) is 6. The maximum atomic E-state index is 14.0. The number of para-hydroxylation sites is 1. The van der Waals surface area contributed by atoms with Gasteiger partial charge < -0.3 is 15.0 Å². The number of methoxy groups -OCH3 is 1. The summed E-state index contributed by atoms with van der Waals surface area (Å²) in [5.74, 6) is -0.846. The Morgan fingerprint density at radius 3 is 2.49 bits per heavy atom. The van der Waals surface area contributed by atoms with Crippen molar-refractivity contribution in [1.82, 2.24) is 30.1 Å². The van der Waals surface area contributed by atoms with Gasteiger partial charge in [0.25, 0.3) is 0 Å². The van der Waals surface area contributed by atoms with E-state index in [1.807, 2.05) is 49.1 Å². The van der Waals surface area contributed by atoms with E-state index in [0.717, 1.165) is 30.9 Å². The van der Waals surface area contributed by atoms with Gasteiger partial charge in [-0.15, -0.1) is 0 Å². The minimum Gasteiger partial charge on any atom is -0.378 e. The second kappa shape index (κ2) is 12.0. The molecule has 2 amide bonds. The highest BCUT2D eigenvalue weighted by atomic mass is 19.2. The Kier molecular flexibility index (Phi) is 8.02. The molecule has 2 aliphatic rings. The van der Waals surface area contributed by atoms with Crippen molar-refractivity contribution in [2.45, 2.75) is 32.1 Å². The van der Waals surface area contributed by atoms with E-state index < -0.39 is 29.8 Å². The van der Waals surface area contributed by atoms with Crippen molar-refractivity contribution in [2.75, 3.05) is 43.5 Å². The van der Waals surface area contributed by atoms with Crippen molar-refractivity contribution >= 4 is 17.8 Å². The number of amides is 2. The standard InChI is InChI=1S/C30H32F2N8O3/c1-4-39-17-25(27(43-39)19-10-11-23(31)24(32)12-19)35-30(41)36-28-18(2)26(37-40(28)21-8-6-5-7-9-21)20-13-33-29(34-14-20)38-15-22(16-38)42-3/h5-14,22,25,27H,4,15-17H2,1-3H3,(H2,35,36,41)/t25-,27?/m1/s1. The summed E-state index contributed by atoms with van der Waals surface area (Å²) in [4.78, 5) is 30.5. The van der Waals surface area contributed by atoms with E-state index >= 15 is 0 Å². The summed E-state index contributed by atoms with van der Waals surface area (Å²) in [5, 5.41) is 12.4. The fourth-order valence-electron chi connectivity index (χ4n) is 5.24. The maximum absolute atomic E-state index is 14.0. The molecule has 2 fully saturated rings. The molecule has 2 aromatic heterocycles. The summed E-state index contributed by atoms with van der Waals surface area (Å²) in [7, 11) is 1.69. The molecule has 0 saturated carbocycles. The van der Waals surface area contributed by atoms with Gasteiger partial charge in [-0.25, -0.2) is 28.2 Å². The number of aromatic nitrogens is 4. The summed E-state index contributed by atoms with van der Waals surface area (Å²) in [5.41, 5.74) is 3.20. The van der Waals surface area contributed by atoms with Crippen molar-refractivity contribution in [3.8, 4) is 16.9 Å². The van der Waals surface area contributed by atoms with E-state index in [1.54, 1.807) is 29.2 Å². The van der Waals surface area contributed by atoms with Crippen LogP contribution in [0.4, 0.5) is 25.3 Å². The molecule has 0 bridgehead atoms. The van der Waals surface area contributed by atoms with E-state index in [0.29, 0.717) is 47.2 Å². The van der Waals surface area contributed by atoms with Gasteiger partial charge >= 0.3 is 6.03 Å². The number of ether oxygens (including phenoxy) is 1. The molecule has 2 N–H and O–H groups in total. The normalized spacial score (nSPS) is 19.0. The number of anilines is 2. The van der Waals surface area contributed by atoms with Crippen molar-refractivity contribution in [3.63, 3.8) is 0 Å². The fourth-order valence-corrected chi connectivity index (χ4v) is 5.24. The molecule has 4 heterocycles. The highest BCUT2D eigenvalue weighted by Crippen LogP contribution is 2.32. The Morgan fingerprint density at radius 1 is 1.07 bits per heavy atom. The number of carbonyl (C=O) groups is 1. The minimum absolute atomic E-state index is 0.180. The lowest BCUT2D eigenvalue weighted by atomic mass is 10.0. The highest BCUT2D eigenvalue weighted by Gasteiger charge is 2.36. The Morgan fingerprint density at radius 2 is 1.81 bits per heavy atom. The van der Waals surface area contributed by atoms with Crippen LogP contribution in [0.25, 0.3) is 16.9 Å². The first-order valence-corrected chi connectivity index (χ1v) is 14.0. The van der Waals surface area contributed by atoms with Gasteiger partial charge in [0.05, 0.1) is 17.8 Å². The van der Waals surface area contributed by atoms with Gasteiger partial charge in [-0.2, -0.15) is 10.2 Å². The van der Waals surface area contributed by atoms with Crippen molar-refractivity contribution in [2.24, 2.45) is 0 Å². The third-order valence-corrected chi connectivity index (χ3v) is 7.70. The molecular weight excluding hydrogens is 558 g/mol. The average Bonchev–Trinajstić information content (AvgIpc) is 3.55. The molecule has 0 radical (unpaired) electrons. The molecular formula is C30H32F2N8O3. The van der Waals surface area contributed by atoms with E-state index in [9.17, 15) is 13.6 Å². The van der Waals surface area contributed by atoms with Gasteiger partial charge in [0.15, 0.2) is 11.6 Å². The van der Waals surface area contributed by atoms with Crippen LogP contribution >= 0.6 is 0 Å².